The van der Waals surface area contributed by atoms with E-state index in [0.717, 1.165) is 4.47 Å². The number of nitrogens with one attached hydrogen (secondary N) is 1. The number of carbonyl (C=O) groups excluding carboxylic acids is 1. The minimum Gasteiger partial charge on any atom is -0.354 e. The second-order valence-corrected chi connectivity index (χ2v) is 5.15. The van der Waals surface area contributed by atoms with Gasteiger partial charge in [0.15, 0.2) is 0 Å². The Bertz CT molecular complexity index is 463. The van der Waals surface area contributed by atoms with E-state index in [1.165, 1.54) is 0 Å². The average Bonchev–Trinajstić information content (AvgIpc) is 2.77. The smallest absolute Gasteiger partial charge is 0.354 e. The summed E-state index contributed by atoms with van der Waals surface area (Å²) in [6.07, 6.45) is -2.74. The van der Waals surface area contributed by atoms with Crippen LogP contribution in [0.4, 0.5) is 19.0 Å². The van der Waals surface area contributed by atoms with Crippen LogP contribution in [0.2, 0.25) is 0 Å². The Morgan fingerprint density at radius 2 is 2.21 bits per heavy atom. The van der Waals surface area contributed by atoms with Gasteiger partial charge >= 0.3 is 12.1 Å². The van der Waals surface area contributed by atoms with Gasteiger partial charge in [0.25, 0.3) is 0 Å². The number of halogens is 4. The predicted molar refractivity (Wildman–Crippen MR) is 66.8 cm³/mol. The fourth-order valence-electron chi connectivity index (χ4n) is 1.91. The number of anilines is 1. The summed E-state index contributed by atoms with van der Waals surface area (Å²) in [6, 6.07) is 3.08. The molecule has 1 amide bonds. The van der Waals surface area contributed by atoms with Crippen molar-refractivity contribution >= 4 is 27.7 Å². The van der Waals surface area contributed by atoms with E-state index in [9.17, 15) is 18.0 Å². The lowest BCUT2D eigenvalue weighted by atomic mass is 10.2. The van der Waals surface area contributed by atoms with Gasteiger partial charge in [0.2, 0.25) is 0 Å². The SMILES string of the molecule is O=C(NC1CCN(c2ccc(Br)cn2)C1)C(F)(F)F. The van der Waals surface area contributed by atoms with Gasteiger partial charge < -0.3 is 10.2 Å². The highest BCUT2D eigenvalue weighted by Gasteiger charge is 2.40. The quantitative estimate of drug-likeness (QED) is 0.898. The van der Waals surface area contributed by atoms with E-state index in [2.05, 4.69) is 20.9 Å². The minimum absolute atomic E-state index is 0.330. The van der Waals surface area contributed by atoms with E-state index in [4.69, 9.17) is 0 Å². The lowest BCUT2D eigenvalue weighted by molar-refractivity contribution is -0.174. The predicted octanol–water partition coefficient (Wildman–Crippen LogP) is 2.10. The molecule has 0 spiro atoms. The molecule has 0 aliphatic carbocycles. The van der Waals surface area contributed by atoms with Gasteiger partial charge in [0.1, 0.15) is 5.82 Å². The molecule has 104 valence electrons. The molecule has 1 N–H and O–H groups in total. The maximum absolute atomic E-state index is 12.1. The topological polar surface area (TPSA) is 45.2 Å². The first-order chi connectivity index (χ1) is 8.86. The van der Waals surface area contributed by atoms with Crippen LogP contribution in [-0.4, -0.2) is 36.2 Å². The molecule has 0 aromatic carbocycles. The standard InChI is InChI=1S/C11H11BrF3N3O/c12-7-1-2-9(16-5-7)18-4-3-8(6-18)17-10(19)11(13,14)15/h1-2,5,8H,3-4,6H2,(H,17,19). The molecule has 0 radical (unpaired) electrons. The van der Waals surface area contributed by atoms with Crippen LogP contribution >= 0.6 is 15.9 Å². The van der Waals surface area contributed by atoms with Gasteiger partial charge in [0, 0.05) is 29.8 Å². The third-order valence-corrected chi connectivity index (χ3v) is 3.29. The van der Waals surface area contributed by atoms with Crippen LogP contribution in [0, 0.1) is 0 Å². The molecule has 2 heterocycles. The monoisotopic (exact) mass is 337 g/mol. The number of amides is 1. The number of pyridine rings is 1. The average molecular weight is 338 g/mol. The summed E-state index contributed by atoms with van der Waals surface area (Å²) in [5.41, 5.74) is 0. The summed E-state index contributed by atoms with van der Waals surface area (Å²) in [4.78, 5) is 16.8. The molecule has 1 saturated heterocycles. The Kier molecular flexibility index (Phi) is 3.98. The largest absolute Gasteiger partial charge is 0.471 e. The van der Waals surface area contributed by atoms with Crippen LogP contribution < -0.4 is 10.2 Å². The molecule has 1 aromatic rings. The second-order valence-electron chi connectivity index (χ2n) is 4.24. The Hall–Kier alpha value is -1.31. The summed E-state index contributed by atoms with van der Waals surface area (Å²) in [5, 5.41) is 1.99. The Morgan fingerprint density at radius 1 is 1.47 bits per heavy atom. The third-order valence-electron chi connectivity index (χ3n) is 2.82. The molecule has 1 aliphatic heterocycles. The minimum atomic E-state index is -4.83. The van der Waals surface area contributed by atoms with Gasteiger partial charge in [0.05, 0.1) is 0 Å². The van der Waals surface area contributed by atoms with Crippen molar-refractivity contribution in [1.82, 2.24) is 10.3 Å². The van der Waals surface area contributed by atoms with Crippen molar-refractivity contribution in [2.75, 3.05) is 18.0 Å². The van der Waals surface area contributed by atoms with Gasteiger partial charge in [-0.1, -0.05) is 0 Å². The molecular formula is C11H11BrF3N3O. The van der Waals surface area contributed by atoms with Crippen molar-refractivity contribution in [3.63, 3.8) is 0 Å². The van der Waals surface area contributed by atoms with E-state index < -0.39 is 18.1 Å². The zero-order chi connectivity index (χ0) is 14.0. The summed E-state index contributed by atoms with van der Waals surface area (Å²) in [5.74, 6) is -1.20. The van der Waals surface area contributed by atoms with Crippen LogP contribution in [0.5, 0.6) is 0 Å². The maximum Gasteiger partial charge on any atom is 0.471 e. The first-order valence-corrected chi connectivity index (χ1v) is 6.40. The molecule has 1 atom stereocenters. The van der Waals surface area contributed by atoms with Crippen molar-refractivity contribution < 1.29 is 18.0 Å². The first kappa shape index (κ1) is 14.1. The van der Waals surface area contributed by atoms with Crippen molar-refractivity contribution in [1.29, 1.82) is 0 Å². The van der Waals surface area contributed by atoms with Crippen molar-refractivity contribution in [3.8, 4) is 0 Å². The van der Waals surface area contributed by atoms with Gasteiger partial charge in [-0.2, -0.15) is 13.2 Å². The van der Waals surface area contributed by atoms with E-state index in [0.29, 0.717) is 25.3 Å². The molecule has 1 unspecified atom stereocenters. The van der Waals surface area contributed by atoms with E-state index in [-0.39, 0.29) is 0 Å². The second kappa shape index (κ2) is 5.36. The fourth-order valence-corrected chi connectivity index (χ4v) is 2.14. The zero-order valence-electron chi connectivity index (χ0n) is 9.75. The van der Waals surface area contributed by atoms with Crippen molar-refractivity contribution in [2.24, 2.45) is 0 Å². The Morgan fingerprint density at radius 3 is 2.79 bits per heavy atom. The lowest BCUT2D eigenvalue weighted by Gasteiger charge is -2.18. The molecule has 4 nitrogen and oxygen atoms in total. The number of alkyl halides is 3. The molecule has 1 aliphatic rings. The van der Waals surface area contributed by atoms with Crippen molar-refractivity contribution in [2.45, 2.75) is 18.6 Å². The molecule has 0 bridgehead atoms. The highest BCUT2D eigenvalue weighted by atomic mass is 79.9. The van der Waals surface area contributed by atoms with E-state index in [1.54, 1.807) is 12.3 Å². The molecule has 0 saturated carbocycles. The maximum atomic E-state index is 12.1. The molecule has 19 heavy (non-hydrogen) atoms. The molecular weight excluding hydrogens is 327 g/mol. The number of nitrogens with zero attached hydrogens (tertiary/aromatic N) is 2. The van der Waals surface area contributed by atoms with Crippen LogP contribution in [0.25, 0.3) is 0 Å². The van der Waals surface area contributed by atoms with Gasteiger partial charge in [-0.15, -0.1) is 0 Å². The van der Waals surface area contributed by atoms with Gasteiger partial charge in [-0.3, -0.25) is 4.79 Å². The highest BCUT2D eigenvalue weighted by molar-refractivity contribution is 9.10. The summed E-state index contributed by atoms with van der Waals surface area (Å²) < 4.78 is 37.2. The number of hydrogen-bond donors (Lipinski definition) is 1. The van der Waals surface area contributed by atoms with E-state index >= 15 is 0 Å². The third kappa shape index (κ3) is 3.59. The number of aromatic nitrogens is 1. The van der Waals surface area contributed by atoms with Crippen LogP contribution in [-0.2, 0) is 4.79 Å². The van der Waals surface area contributed by atoms with Crippen LogP contribution in [0.3, 0.4) is 0 Å². The molecule has 1 fully saturated rings. The Balaban J connectivity index is 1.93. The molecule has 1 aromatic heterocycles. The van der Waals surface area contributed by atoms with Gasteiger partial charge in [-0.05, 0) is 34.5 Å². The van der Waals surface area contributed by atoms with Gasteiger partial charge in [-0.25, -0.2) is 4.98 Å². The zero-order valence-corrected chi connectivity index (χ0v) is 11.3. The fraction of sp³-hybridized carbons (Fsp3) is 0.455. The number of rotatable bonds is 2. The lowest BCUT2D eigenvalue weighted by Crippen LogP contribution is -2.44. The number of carbonyl (C=O) groups is 1. The summed E-state index contributed by atoms with van der Waals surface area (Å²) in [7, 11) is 0. The highest BCUT2D eigenvalue weighted by Crippen LogP contribution is 2.21. The van der Waals surface area contributed by atoms with E-state index in [1.807, 2.05) is 16.3 Å². The van der Waals surface area contributed by atoms with Crippen LogP contribution in [0.15, 0.2) is 22.8 Å². The molecule has 2 rings (SSSR count). The number of hydrogen-bond acceptors (Lipinski definition) is 3. The Labute approximate surface area is 116 Å². The van der Waals surface area contributed by atoms with Crippen LogP contribution in [0.1, 0.15) is 6.42 Å². The van der Waals surface area contributed by atoms with Crippen molar-refractivity contribution in [3.05, 3.63) is 22.8 Å². The summed E-state index contributed by atoms with van der Waals surface area (Å²) in [6.45, 7) is 0.897. The summed E-state index contributed by atoms with van der Waals surface area (Å²) >= 11 is 3.26. The first-order valence-electron chi connectivity index (χ1n) is 5.60. The molecule has 8 heteroatoms. The normalized spacial score (nSPS) is 19.6.